The second-order valence-corrected chi connectivity index (χ2v) is 5.06. The number of carbonyl (C=O) groups excluding carboxylic acids is 2. The molecular formula is C15H17N3O4. The van der Waals surface area contributed by atoms with Crippen molar-refractivity contribution in [2.45, 2.75) is 6.42 Å². The topological polar surface area (TPSA) is 75.3 Å². The zero-order valence-electron chi connectivity index (χ0n) is 12.2. The SMILES string of the molecule is C=CCN1C(=O)N=C(Cc2ccc(N3CCOCC3)o2)C1=O. The number of carbonyl (C=O) groups is 2. The maximum absolute atomic E-state index is 12.1. The summed E-state index contributed by atoms with van der Waals surface area (Å²) in [6.07, 6.45) is 1.71. The number of urea groups is 1. The lowest BCUT2D eigenvalue weighted by Crippen LogP contribution is -2.35. The van der Waals surface area contributed by atoms with Crippen molar-refractivity contribution in [1.29, 1.82) is 0 Å². The van der Waals surface area contributed by atoms with Crippen LogP contribution in [0.15, 0.2) is 34.2 Å². The number of aliphatic imine (C=N–C) groups is 1. The number of hydrogen-bond donors (Lipinski definition) is 0. The third-order valence-corrected chi connectivity index (χ3v) is 3.58. The van der Waals surface area contributed by atoms with Crippen LogP contribution < -0.4 is 4.90 Å². The monoisotopic (exact) mass is 303 g/mol. The Bertz CT molecular complexity index is 628. The van der Waals surface area contributed by atoms with Crippen LogP contribution in [0.1, 0.15) is 5.76 Å². The predicted octanol–water partition coefficient (Wildman–Crippen LogP) is 1.25. The van der Waals surface area contributed by atoms with E-state index in [0.717, 1.165) is 23.9 Å². The molecule has 0 aromatic carbocycles. The average Bonchev–Trinajstić information content (AvgIpc) is 3.09. The fourth-order valence-electron chi connectivity index (χ4n) is 2.45. The molecule has 2 aliphatic rings. The van der Waals surface area contributed by atoms with Gasteiger partial charge in [0.25, 0.3) is 5.91 Å². The lowest BCUT2D eigenvalue weighted by atomic mass is 10.2. The van der Waals surface area contributed by atoms with E-state index in [1.165, 1.54) is 6.08 Å². The molecule has 0 radical (unpaired) electrons. The van der Waals surface area contributed by atoms with E-state index in [1.54, 1.807) is 6.07 Å². The summed E-state index contributed by atoms with van der Waals surface area (Å²) in [5.74, 6) is 0.981. The molecule has 116 valence electrons. The van der Waals surface area contributed by atoms with E-state index in [2.05, 4.69) is 16.5 Å². The maximum atomic E-state index is 12.1. The quantitative estimate of drug-likeness (QED) is 0.765. The van der Waals surface area contributed by atoms with Crippen LogP contribution in [0, 0.1) is 0 Å². The van der Waals surface area contributed by atoms with Crippen LogP contribution in [0.25, 0.3) is 0 Å². The van der Waals surface area contributed by atoms with Gasteiger partial charge in [0, 0.05) is 25.7 Å². The highest BCUT2D eigenvalue weighted by atomic mass is 16.5. The molecular weight excluding hydrogens is 286 g/mol. The van der Waals surface area contributed by atoms with Crippen LogP contribution in [-0.4, -0.2) is 55.4 Å². The molecule has 1 aromatic heterocycles. The molecule has 3 heterocycles. The molecule has 0 saturated carbocycles. The lowest BCUT2D eigenvalue weighted by molar-refractivity contribution is -0.120. The van der Waals surface area contributed by atoms with E-state index >= 15 is 0 Å². The number of hydrogen-bond acceptors (Lipinski definition) is 5. The first kappa shape index (κ1) is 14.5. The molecule has 3 amide bonds. The van der Waals surface area contributed by atoms with Gasteiger partial charge >= 0.3 is 6.03 Å². The zero-order valence-corrected chi connectivity index (χ0v) is 12.2. The van der Waals surface area contributed by atoms with Crippen molar-refractivity contribution in [1.82, 2.24) is 4.90 Å². The highest BCUT2D eigenvalue weighted by Crippen LogP contribution is 2.21. The van der Waals surface area contributed by atoms with Gasteiger partial charge in [-0.2, -0.15) is 4.99 Å². The van der Waals surface area contributed by atoms with E-state index in [1.807, 2.05) is 6.07 Å². The molecule has 0 bridgehead atoms. The van der Waals surface area contributed by atoms with Crippen molar-refractivity contribution in [3.8, 4) is 0 Å². The van der Waals surface area contributed by atoms with Crippen LogP contribution in [0.2, 0.25) is 0 Å². The molecule has 22 heavy (non-hydrogen) atoms. The molecule has 3 rings (SSSR count). The molecule has 1 aromatic rings. The number of ether oxygens (including phenoxy) is 1. The number of amides is 3. The Morgan fingerprint density at radius 3 is 2.77 bits per heavy atom. The molecule has 0 atom stereocenters. The standard InChI is InChI=1S/C15H17N3O4/c1-2-5-18-14(19)12(16-15(18)20)10-11-3-4-13(22-11)17-6-8-21-9-7-17/h2-4H,1,5-10H2. The Balaban J connectivity index is 1.68. The molecule has 0 unspecified atom stereocenters. The molecule has 0 N–H and O–H groups in total. The molecule has 7 heteroatoms. The van der Waals surface area contributed by atoms with Crippen LogP contribution in [-0.2, 0) is 16.0 Å². The second kappa shape index (κ2) is 6.15. The van der Waals surface area contributed by atoms with Gasteiger partial charge < -0.3 is 14.1 Å². The Hall–Kier alpha value is -2.41. The molecule has 2 aliphatic heterocycles. The summed E-state index contributed by atoms with van der Waals surface area (Å²) in [6.45, 7) is 6.59. The normalized spacial score (nSPS) is 18.8. The maximum Gasteiger partial charge on any atom is 0.351 e. The first-order chi connectivity index (χ1) is 10.7. The van der Waals surface area contributed by atoms with Gasteiger partial charge in [-0.15, -0.1) is 6.58 Å². The second-order valence-electron chi connectivity index (χ2n) is 5.06. The van der Waals surface area contributed by atoms with Gasteiger partial charge in [0.05, 0.1) is 19.6 Å². The Morgan fingerprint density at radius 1 is 1.27 bits per heavy atom. The summed E-state index contributed by atoms with van der Waals surface area (Å²) in [5.41, 5.74) is 0.203. The summed E-state index contributed by atoms with van der Waals surface area (Å²) in [6, 6.07) is 3.13. The minimum absolute atomic E-state index is 0.169. The first-order valence-electron chi connectivity index (χ1n) is 7.14. The number of anilines is 1. The third-order valence-electron chi connectivity index (χ3n) is 3.58. The summed E-state index contributed by atoms with van der Waals surface area (Å²) in [4.78, 5) is 30.7. The highest BCUT2D eigenvalue weighted by molar-refractivity contribution is 6.46. The Kier molecular flexibility index (Phi) is 4.06. The van der Waals surface area contributed by atoms with Crippen molar-refractivity contribution in [2.75, 3.05) is 37.7 Å². The summed E-state index contributed by atoms with van der Waals surface area (Å²) in [5, 5.41) is 0. The van der Waals surface area contributed by atoms with Gasteiger partial charge in [-0.25, -0.2) is 4.79 Å². The van der Waals surface area contributed by atoms with Crippen molar-refractivity contribution >= 4 is 23.5 Å². The van der Waals surface area contributed by atoms with Crippen molar-refractivity contribution in [3.63, 3.8) is 0 Å². The van der Waals surface area contributed by atoms with E-state index in [-0.39, 0.29) is 24.6 Å². The number of rotatable bonds is 5. The highest BCUT2D eigenvalue weighted by Gasteiger charge is 2.32. The van der Waals surface area contributed by atoms with Crippen LogP contribution in [0.4, 0.5) is 10.7 Å². The summed E-state index contributed by atoms with van der Waals surface area (Å²) < 4.78 is 11.0. The van der Waals surface area contributed by atoms with Crippen molar-refractivity contribution in [2.24, 2.45) is 4.99 Å². The lowest BCUT2D eigenvalue weighted by Gasteiger charge is -2.26. The first-order valence-corrected chi connectivity index (χ1v) is 7.14. The van der Waals surface area contributed by atoms with Crippen LogP contribution >= 0.6 is 0 Å². The summed E-state index contributed by atoms with van der Waals surface area (Å²) in [7, 11) is 0. The molecule has 0 spiro atoms. The minimum Gasteiger partial charge on any atom is -0.445 e. The zero-order chi connectivity index (χ0) is 15.5. The van der Waals surface area contributed by atoms with Crippen LogP contribution in [0.3, 0.4) is 0 Å². The van der Waals surface area contributed by atoms with Crippen molar-refractivity contribution < 1.29 is 18.7 Å². The number of morpholine rings is 1. The van der Waals surface area contributed by atoms with E-state index < -0.39 is 6.03 Å². The van der Waals surface area contributed by atoms with Gasteiger partial charge in [0.15, 0.2) is 5.88 Å². The number of nitrogens with zero attached hydrogens (tertiary/aromatic N) is 3. The number of imide groups is 1. The van der Waals surface area contributed by atoms with Gasteiger partial charge in [-0.3, -0.25) is 9.69 Å². The van der Waals surface area contributed by atoms with E-state index in [0.29, 0.717) is 19.0 Å². The Labute approximate surface area is 127 Å². The largest absolute Gasteiger partial charge is 0.445 e. The van der Waals surface area contributed by atoms with Crippen LogP contribution in [0.5, 0.6) is 0 Å². The molecule has 1 saturated heterocycles. The van der Waals surface area contributed by atoms with E-state index in [4.69, 9.17) is 9.15 Å². The third kappa shape index (κ3) is 2.80. The molecule has 1 fully saturated rings. The fourth-order valence-corrected chi connectivity index (χ4v) is 2.45. The smallest absolute Gasteiger partial charge is 0.351 e. The van der Waals surface area contributed by atoms with Gasteiger partial charge in [-0.05, 0) is 6.07 Å². The minimum atomic E-state index is -0.542. The van der Waals surface area contributed by atoms with Gasteiger partial charge in [0.1, 0.15) is 11.5 Å². The summed E-state index contributed by atoms with van der Waals surface area (Å²) >= 11 is 0. The average molecular weight is 303 g/mol. The fraction of sp³-hybridized carbons (Fsp3) is 0.400. The molecule has 7 nitrogen and oxygen atoms in total. The van der Waals surface area contributed by atoms with Crippen molar-refractivity contribution in [3.05, 3.63) is 30.5 Å². The van der Waals surface area contributed by atoms with Gasteiger partial charge in [-0.1, -0.05) is 6.08 Å². The Morgan fingerprint density at radius 2 is 2.05 bits per heavy atom. The van der Waals surface area contributed by atoms with Gasteiger partial charge in [0.2, 0.25) is 0 Å². The molecule has 0 aliphatic carbocycles. The predicted molar refractivity (Wildman–Crippen MR) is 80.2 cm³/mol. The van der Waals surface area contributed by atoms with E-state index in [9.17, 15) is 9.59 Å². The number of furan rings is 1.